The summed E-state index contributed by atoms with van der Waals surface area (Å²) in [6, 6.07) is 6.49. The molecule has 0 bridgehead atoms. The zero-order valence-electron chi connectivity index (χ0n) is 19.9. The van der Waals surface area contributed by atoms with Gasteiger partial charge in [-0.3, -0.25) is 9.80 Å². The first kappa shape index (κ1) is 23.2. The molecule has 0 unspecified atom stereocenters. The third-order valence-corrected chi connectivity index (χ3v) is 7.85. The normalized spacial score (nSPS) is 18.1. The van der Waals surface area contributed by atoms with Crippen molar-refractivity contribution in [2.24, 2.45) is 0 Å². The van der Waals surface area contributed by atoms with Gasteiger partial charge in [-0.05, 0) is 42.8 Å². The molecule has 10 heteroatoms. The summed E-state index contributed by atoms with van der Waals surface area (Å²) in [4.78, 5) is 20.0. The van der Waals surface area contributed by atoms with Gasteiger partial charge in [-0.15, -0.1) is 0 Å². The Kier molecular flexibility index (Phi) is 7.07. The van der Waals surface area contributed by atoms with E-state index in [-0.39, 0.29) is 0 Å². The fourth-order valence-electron chi connectivity index (χ4n) is 4.98. The highest BCUT2D eigenvalue weighted by molar-refractivity contribution is 7.99. The summed E-state index contributed by atoms with van der Waals surface area (Å²) in [5.41, 5.74) is 6.79. The van der Waals surface area contributed by atoms with E-state index in [0.29, 0.717) is 16.7 Å². The van der Waals surface area contributed by atoms with Gasteiger partial charge in [-0.2, -0.15) is 0 Å². The van der Waals surface area contributed by atoms with Crippen LogP contribution in [0.25, 0.3) is 11.5 Å². The van der Waals surface area contributed by atoms with E-state index in [0.717, 1.165) is 54.4 Å². The van der Waals surface area contributed by atoms with Crippen molar-refractivity contribution in [1.29, 1.82) is 0 Å². The van der Waals surface area contributed by atoms with Gasteiger partial charge in [-0.1, -0.05) is 12.8 Å². The first-order valence-electron chi connectivity index (χ1n) is 12.0. The number of hydrogen-bond donors (Lipinski definition) is 1. The number of nitrogens with two attached hydrogens (primary N) is 1. The molecule has 1 aromatic carbocycles. The lowest BCUT2D eigenvalue weighted by molar-refractivity contribution is 0.0957. The van der Waals surface area contributed by atoms with Crippen LogP contribution in [-0.4, -0.2) is 82.3 Å². The third kappa shape index (κ3) is 4.94. The number of piperazine rings is 1. The van der Waals surface area contributed by atoms with E-state index in [4.69, 9.17) is 20.2 Å². The summed E-state index contributed by atoms with van der Waals surface area (Å²) in [6.07, 6.45) is 7.33. The SMILES string of the molecule is COc1ccc(OC)c(Sc2nc3c(N)ncn(CCN4CCN(C5CCCC5)CC4)c-3n2)c1. The molecule has 34 heavy (non-hydrogen) atoms. The Hall–Kier alpha value is -2.56. The molecule has 1 aromatic rings. The standard InChI is InChI=1S/C24H33N7O2S/c1-32-18-7-8-19(33-2)20(15-18)34-24-27-21-22(25)26-16-31(23(21)28-24)14-11-29-9-12-30(13-10-29)17-5-3-4-6-17/h7-8,15-17H,3-6,9-14,25H2,1-2H3. The fourth-order valence-corrected chi connectivity index (χ4v) is 5.87. The lowest BCUT2D eigenvalue weighted by atomic mass is 10.2. The molecule has 4 aliphatic rings. The number of aromatic nitrogens is 4. The number of fused-ring (bicyclic) bond motifs is 1. The van der Waals surface area contributed by atoms with Crippen molar-refractivity contribution in [3.05, 3.63) is 24.5 Å². The van der Waals surface area contributed by atoms with Gasteiger partial charge in [0.05, 0.1) is 25.4 Å². The second-order valence-electron chi connectivity index (χ2n) is 8.94. The van der Waals surface area contributed by atoms with Crippen LogP contribution in [-0.2, 0) is 6.54 Å². The fraction of sp³-hybridized carbons (Fsp3) is 0.542. The van der Waals surface area contributed by atoms with Crippen LogP contribution in [0.3, 0.4) is 0 Å². The third-order valence-electron chi connectivity index (χ3n) is 6.95. The molecule has 1 saturated heterocycles. The topological polar surface area (TPSA) is 94.6 Å². The van der Waals surface area contributed by atoms with E-state index in [2.05, 4.69) is 24.3 Å². The number of benzene rings is 1. The maximum Gasteiger partial charge on any atom is 0.195 e. The second-order valence-corrected chi connectivity index (χ2v) is 9.95. The van der Waals surface area contributed by atoms with Gasteiger partial charge in [0.2, 0.25) is 0 Å². The number of rotatable bonds is 8. The average Bonchev–Trinajstić information content (AvgIpc) is 3.55. The van der Waals surface area contributed by atoms with Gasteiger partial charge in [0.15, 0.2) is 22.5 Å². The summed E-state index contributed by atoms with van der Waals surface area (Å²) in [5, 5.41) is 0.611. The van der Waals surface area contributed by atoms with Crippen molar-refractivity contribution in [3.63, 3.8) is 0 Å². The minimum absolute atomic E-state index is 0.397. The highest BCUT2D eigenvalue weighted by Gasteiger charge is 2.26. The Labute approximate surface area is 205 Å². The van der Waals surface area contributed by atoms with Gasteiger partial charge in [-0.25, -0.2) is 15.0 Å². The van der Waals surface area contributed by atoms with Gasteiger partial charge < -0.3 is 19.8 Å². The molecule has 9 nitrogen and oxygen atoms in total. The van der Waals surface area contributed by atoms with Gasteiger partial charge in [0, 0.05) is 45.3 Å². The van der Waals surface area contributed by atoms with Crippen molar-refractivity contribution in [2.45, 2.75) is 48.3 Å². The number of nitrogens with zero attached hydrogens (tertiary/aromatic N) is 6. The summed E-state index contributed by atoms with van der Waals surface area (Å²) in [7, 11) is 3.30. The number of nitrogen functional groups attached to an aromatic ring is 1. The first-order valence-corrected chi connectivity index (χ1v) is 12.8. The number of anilines is 1. The van der Waals surface area contributed by atoms with E-state index < -0.39 is 0 Å². The van der Waals surface area contributed by atoms with Crippen LogP contribution in [0.4, 0.5) is 5.82 Å². The van der Waals surface area contributed by atoms with Crippen molar-refractivity contribution < 1.29 is 9.47 Å². The lowest BCUT2D eigenvalue weighted by Crippen LogP contribution is -2.50. The van der Waals surface area contributed by atoms with Crippen molar-refractivity contribution in [2.75, 3.05) is 52.7 Å². The van der Waals surface area contributed by atoms with Crippen LogP contribution in [0.15, 0.2) is 34.6 Å². The molecule has 0 aromatic heterocycles. The van der Waals surface area contributed by atoms with E-state index in [1.807, 2.05) is 18.2 Å². The summed E-state index contributed by atoms with van der Waals surface area (Å²) in [5.74, 6) is 2.66. The quantitative estimate of drug-likeness (QED) is 0.519. The molecular formula is C24H33N7O2S. The molecule has 0 spiro atoms. The Bertz CT molecular complexity index is 1080. The van der Waals surface area contributed by atoms with E-state index >= 15 is 0 Å². The molecule has 1 saturated carbocycles. The maximum absolute atomic E-state index is 6.15. The first-order chi connectivity index (χ1) is 16.6. The average molecular weight is 484 g/mol. The smallest absolute Gasteiger partial charge is 0.195 e. The van der Waals surface area contributed by atoms with Gasteiger partial charge >= 0.3 is 0 Å². The Morgan fingerprint density at radius 2 is 1.82 bits per heavy atom. The minimum atomic E-state index is 0.397. The van der Waals surface area contributed by atoms with E-state index in [9.17, 15) is 0 Å². The molecule has 0 amide bonds. The number of imidazole rings is 1. The summed E-state index contributed by atoms with van der Waals surface area (Å²) < 4.78 is 12.9. The highest BCUT2D eigenvalue weighted by Crippen LogP contribution is 2.38. The van der Waals surface area contributed by atoms with Gasteiger partial charge in [0.1, 0.15) is 11.5 Å². The predicted molar refractivity (Wildman–Crippen MR) is 133 cm³/mol. The van der Waals surface area contributed by atoms with Crippen LogP contribution >= 0.6 is 11.8 Å². The van der Waals surface area contributed by atoms with E-state index in [1.165, 1.54) is 50.5 Å². The second kappa shape index (κ2) is 10.4. The molecular weight excluding hydrogens is 450 g/mol. The number of ether oxygens (including phenoxy) is 2. The zero-order chi connectivity index (χ0) is 23.5. The Balaban J connectivity index is 1.27. The van der Waals surface area contributed by atoms with Crippen LogP contribution in [0.2, 0.25) is 0 Å². The van der Waals surface area contributed by atoms with Crippen molar-refractivity contribution in [1.82, 2.24) is 29.3 Å². The monoisotopic (exact) mass is 483 g/mol. The van der Waals surface area contributed by atoms with Crippen molar-refractivity contribution in [3.8, 4) is 23.0 Å². The molecule has 2 N–H and O–H groups in total. The zero-order valence-corrected chi connectivity index (χ0v) is 20.8. The van der Waals surface area contributed by atoms with Crippen LogP contribution in [0, 0.1) is 0 Å². The van der Waals surface area contributed by atoms with E-state index in [1.54, 1.807) is 20.5 Å². The van der Waals surface area contributed by atoms with Gasteiger partial charge in [0.25, 0.3) is 0 Å². The van der Waals surface area contributed by atoms with Crippen LogP contribution in [0.1, 0.15) is 25.7 Å². The number of hydrogen-bond acceptors (Lipinski definition) is 9. The number of methoxy groups -OCH3 is 2. The molecule has 2 fully saturated rings. The van der Waals surface area contributed by atoms with Crippen molar-refractivity contribution >= 4 is 17.6 Å². The molecule has 5 rings (SSSR count). The maximum atomic E-state index is 6.15. The molecule has 182 valence electrons. The molecule has 1 aliphatic carbocycles. The Morgan fingerprint density at radius 1 is 1.03 bits per heavy atom. The van der Waals surface area contributed by atoms with Crippen LogP contribution < -0.4 is 15.2 Å². The lowest BCUT2D eigenvalue weighted by Gasteiger charge is -2.38. The van der Waals surface area contributed by atoms with Crippen LogP contribution in [0.5, 0.6) is 11.5 Å². The molecule has 0 atom stereocenters. The highest BCUT2D eigenvalue weighted by atomic mass is 32.2. The molecule has 3 heterocycles. The Morgan fingerprint density at radius 3 is 2.56 bits per heavy atom. The molecule has 0 radical (unpaired) electrons. The summed E-state index contributed by atoms with van der Waals surface area (Å²) >= 11 is 1.43. The molecule has 3 aliphatic heterocycles. The largest absolute Gasteiger partial charge is 0.497 e. The minimum Gasteiger partial charge on any atom is -0.497 e. The summed E-state index contributed by atoms with van der Waals surface area (Å²) in [6.45, 7) is 6.34. The predicted octanol–water partition coefficient (Wildman–Crippen LogP) is 3.09.